The van der Waals surface area contributed by atoms with Crippen molar-refractivity contribution in [3.63, 3.8) is 0 Å². The van der Waals surface area contributed by atoms with Crippen LogP contribution in [0.4, 0.5) is 0 Å². The number of benzene rings is 3. The van der Waals surface area contributed by atoms with E-state index in [0.717, 1.165) is 54.9 Å². The van der Waals surface area contributed by atoms with E-state index >= 15 is 0 Å². The first-order chi connectivity index (χ1) is 28.2. The topological polar surface area (TPSA) is 69.4 Å². The molecule has 59 heavy (non-hydrogen) atoms. The minimum atomic E-state index is 0.254. The smallest absolute Gasteiger partial charge is 0.133 e. The molecule has 4 rings (SSSR count). The maximum Gasteiger partial charge on any atom is 0.133 e. The van der Waals surface area contributed by atoms with Crippen LogP contribution in [0, 0.1) is 59.3 Å². The van der Waals surface area contributed by atoms with Crippen molar-refractivity contribution in [2.75, 3.05) is 7.11 Å². The van der Waals surface area contributed by atoms with Crippen LogP contribution >= 0.6 is 0 Å². The first kappa shape index (κ1) is 54.8. The molecule has 4 heteroatoms. The van der Waals surface area contributed by atoms with Gasteiger partial charge in [-0.2, -0.15) is 0 Å². The lowest BCUT2D eigenvalue weighted by Gasteiger charge is -2.18. The van der Waals surface area contributed by atoms with Crippen LogP contribution in [0.3, 0.4) is 0 Å². The van der Waals surface area contributed by atoms with Gasteiger partial charge in [0.15, 0.2) is 0 Å². The number of carbonyl (C=O) groups is 2. The van der Waals surface area contributed by atoms with Gasteiger partial charge < -0.3 is 15.3 Å². The Hall–Kier alpha value is -4.20. The second-order valence-electron chi connectivity index (χ2n) is 16.5. The van der Waals surface area contributed by atoms with Gasteiger partial charge in [-0.15, -0.1) is 12.8 Å². The van der Waals surface area contributed by atoms with Crippen LogP contribution in [0.15, 0.2) is 67.8 Å². The Morgan fingerprint density at radius 2 is 1.41 bits per heavy atom. The number of unbranched alkanes of at least 4 members (excludes halogenated alkanes) is 1. The fraction of sp³-hybridized carbons (Fsp3) is 0.527. The minimum Gasteiger partial charge on any atom is -0.399 e. The first-order valence-corrected chi connectivity index (χ1v) is 22.3. The number of aryl methyl sites for hydroxylation is 7. The molecule has 1 aliphatic carbocycles. The lowest BCUT2D eigenvalue weighted by Crippen LogP contribution is -2.13. The van der Waals surface area contributed by atoms with E-state index < -0.39 is 0 Å². The number of Topliss-reactive ketones (excluding diaryl/α,β-unsaturated/α-hetero) is 1. The van der Waals surface area contributed by atoms with Crippen molar-refractivity contribution < 1.29 is 14.3 Å². The summed E-state index contributed by atoms with van der Waals surface area (Å²) in [5, 5.41) is 0. The van der Waals surface area contributed by atoms with Gasteiger partial charge in [-0.25, -0.2) is 0 Å². The standard InChI is InChI=1S/C23H39NO.C11H14.C10H14.C9H14O2.C2H2/c1-6-8-10-20(7-2)11-9-12-22(25-5)15-13-21-14-16-23(19(4)24)18(3)17-21;1-8(2)11-6-5-9(3)7-10(11)4;1-4-10-6-5-8(2)7-9(10)3;10-7-1-2-9(11)6-5-8-3-4-8;1-2/h14,16-17,20,22H,4,6-13,15,24H2,1-3,5H3;5-7H,1H2,2-4H3;5-7H,4H2,1-3H3;7-8H,1-6H2;1-2H. The molecule has 2 unspecified atom stereocenters. The molecular weight excluding hydrogens is 723 g/mol. The third-order valence-corrected chi connectivity index (χ3v) is 11.2. The summed E-state index contributed by atoms with van der Waals surface area (Å²) in [5.41, 5.74) is 19.4. The zero-order valence-corrected chi connectivity index (χ0v) is 39.2. The van der Waals surface area contributed by atoms with Gasteiger partial charge in [0.25, 0.3) is 0 Å². The van der Waals surface area contributed by atoms with Crippen LogP contribution in [-0.4, -0.2) is 25.3 Å². The molecule has 0 heterocycles. The third kappa shape index (κ3) is 25.1. The fourth-order valence-electron chi connectivity index (χ4n) is 7.28. The Labute approximate surface area is 362 Å². The number of ether oxygens (including phenoxy) is 1. The molecule has 0 bridgehead atoms. The molecule has 0 spiro atoms. The van der Waals surface area contributed by atoms with Crippen LogP contribution in [-0.2, 0) is 27.2 Å². The highest BCUT2D eigenvalue weighted by Gasteiger charge is 2.21. The number of methoxy groups -OCH3 is 1. The van der Waals surface area contributed by atoms with Crippen molar-refractivity contribution in [1.82, 2.24) is 0 Å². The predicted octanol–water partition coefficient (Wildman–Crippen LogP) is 14.4. The van der Waals surface area contributed by atoms with Gasteiger partial charge in [0.05, 0.1) is 6.10 Å². The predicted molar refractivity (Wildman–Crippen MR) is 259 cm³/mol. The molecule has 0 aromatic heterocycles. The number of allylic oxidation sites excluding steroid dienone is 1. The summed E-state index contributed by atoms with van der Waals surface area (Å²) in [6, 6.07) is 19.6. The van der Waals surface area contributed by atoms with E-state index in [2.05, 4.69) is 136 Å². The zero-order valence-electron chi connectivity index (χ0n) is 39.2. The Balaban J connectivity index is 0.000000821. The van der Waals surface area contributed by atoms with E-state index in [4.69, 9.17) is 10.5 Å². The van der Waals surface area contributed by atoms with Gasteiger partial charge in [0.2, 0.25) is 0 Å². The molecule has 2 N–H and O–H groups in total. The lowest BCUT2D eigenvalue weighted by atomic mass is 9.92. The molecule has 2 atom stereocenters. The second-order valence-corrected chi connectivity index (χ2v) is 16.5. The number of nitrogens with two attached hydrogens (primary N) is 1. The molecule has 326 valence electrons. The summed E-state index contributed by atoms with van der Waals surface area (Å²) in [7, 11) is 1.85. The highest BCUT2D eigenvalue weighted by atomic mass is 16.5. The molecule has 3 aromatic rings. The van der Waals surface area contributed by atoms with Crippen LogP contribution in [0.1, 0.15) is 168 Å². The first-order valence-electron chi connectivity index (χ1n) is 22.3. The van der Waals surface area contributed by atoms with Gasteiger partial charge in [-0.05, 0) is 124 Å². The van der Waals surface area contributed by atoms with Crippen LogP contribution in [0.25, 0.3) is 11.3 Å². The Morgan fingerprint density at radius 3 is 1.90 bits per heavy atom. The molecular formula is C55H83NO3. The van der Waals surface area contributed by atoms with Gasteiger partial charge in [0.1, 0.15) is 12.1 Å². The summed E-state index contributed by atoms with van der Waals surface area (Å²) in [4.78, 5) is 20.9. The fourth-order valence-corrected chi connectivity index (χ4v) is 7.28. The van der Waals surface area contributed by atoms with Crippen molar-refractivity contribution >= 4 is 23.3 Å². The van der Waals surface area contributed by atoms with Gasteiger partial charge in [0, 0.05) is 32.1 Å². The van der Waals surface area contributed by atoms with E-state index in [0.29, 0.717) is 31.1 Å². The van der Waals surface area contributed by atoms with E-state index in [9.17, 15) is 9.59 Å². The van der Waals surface area contributed by atoms with Crippen molar-refractivity contribution in [2.24, 2.45) is 17.6 Å². The van der Waals surface area contributed by atoms with E-state index in [1.807, 2.05) is 14.0 Å². The summed E-state index contributed by atoms with van der Waals surface area (Å²) in [6.45, 7) is 27.2. The molecule has 0 radical (unpaired) electrons. The van der Waals surface area contributed by atoms with Crippen molar-refractivity contribution in [3.8, 4) is 12.8 Å². The molecule has 0 amide bonds. The number of hydrogen-bond acceptors (Lipinski definition) is 4. The Bertz CT molecular complexity index is 1680. The average molecular weight is 806 g/mol. The molecule has 1 fully saturated rings. The van der Waals surface area contributed by atoms with Gasteiger partial charge >= 0.3 is 0 Å². The SMILES string of the molecule is C#C.C=C(C)c1ccc(C)cc1C.C=C(N)c1ccc(CCC(CCCC(CC)CCCC)OC)cc1C.CCc1ccc(C)cc1C.O=CCCC(=O)CCC1CC1. The largest absolute Gasteiger partial charge is 0.399 e. The van der Waals surface area contributed by atoms with Crippen LogP contribution in [0.2, 0.25) is 0 Å². The molecule has 0 aliphatic heterocycles. The zero-order chi connectivity index (χ0) is 44.8. The van der Waals surface area contributed by atoms with Gasteiger partial charge in [-0.3, -0.25) is 4.79 Å². The highest BCUT2D eigenvalue weighted by Crippen LogP contribution is 2.33. The van der Waals surface area contributed by atoms with Crippen LogP contribution in [0.5, 0.6) is 0 Å². The molecule has 3 aromatic carbocycles. The molecule has 1 saturated carbocycles. The Kier molecular flexibility index (Phi) is 30.3. The summed E-state index contributed by atoms with van der Waals surface area (Å²) < 4.78 is 5.73. The van der Waals surface area contributed by atoms with Gasteiger partial charge in [-0.1, -0.05) is 157 Å². The number of rotatable bonds is 21. The van der Waals surface area contributed by atoms with E-state index in [1.54, 1.807) is 0 Å². The number of aldehydes is 1. The van der Waals surface area contributed by atoms with E-state index in [1.165, 1.54) is 102 Å². The summed E-state index contributed by atoms with van der Waals surface area (Å²) in [5.74, 6) is 1.98. The quantitative estimate of drug-likeness (QED) is 0.0860. The molecule has 4 nitrogen and oxygen atoms in total. The highest BCUT2D eigenvalue weighted by molar-refractivity contribution is 5.80. The second kappa shape index (κ2) is 32.6. The summed E-state index contributed by atoms with van der Waals surface area (Å²) in [6.07, 6.45) is 26.9. The van der Waals surface area contributed by atoms with Crippen molar-refractivity contribution in [3.05, 3.63) is 118 Å². The lowest BCUT2D eigenvalue weighted by molar-refractivity contribution is -0.120. The molecule has 1 aliphatic rings. The summed E-state index contributed by atoms with van der Waals surface area (Å²) >= 11 is 0. The molecule has 0 saturated heterocycles. The van der Waals surface area contributed by atoms with Crippen molar-refractivity contribution in [1.29, 1.82) is 0 Å². The maximum atomic E-state index is 11.0. The van der Waals surface area contributed by atoms with E-state index in [-0.39, 0.29) is 5.78 Å². The minimum absolute atomic E-state index is 0.254. The number of carbonyl (C=O) groups excluding carboxylic acids is 2. The van der Waals surface area contributed by atoms with Crippen molar-refractivity contribution in [2.45, 2.75) is 171 Å². The number of ketones is 1. The monoisotopic (exact) mass is 806 g/mol. The number of hydrogen-bond donors (Lipinski definition) is 1. The Morgan fingerprint density at radius 1 is 0.814 bits per heavy atom. The van der Waals surface area contributed by atoms with Crippen LogP contribution < -0.4 is 5.73 Å². The normalized spacial score (nSPS) is 12.3. The number of terminal acetylenes is 1. The average Bonchev–Trinajstić information content (AvgIpc) is 4.05. The maximum absolute atomic E-state index is 11.0. The third-order valence-electron chi connectivity index (χ3n) is 11.2.